The Bertz CT molecular complexity index is 981. The molecule has 0 atom stereocenters. The van der Waals surface area contributed by atoms with Gasteiger partial charge in [0.05, 0.1) is 11.1 Å². The van der Waals surface area contributed by atoms with Crippen LogP contribution in [0.25, 0.3) is 22.4 Å². The van der Waals surface area contributed by atoms with Gasteiger partial charge < -0.3 is 9.73 Å². The van der Waals surface area contributed by atoms with Crippen molar-refractivity contribution < 1.29 is 9.21 Å². The van der Waals surface area contributed by atoms with E-state index in [1.54, 1.807) is 12.1 Å². The molecule has 0 aliphatic heterocycles. The summed E-state index contributed by atoms with van der Waals surface area (Å²) >= 11 is 5.08. The predicted molar refractivity (Wildman–Crippen MR) is 106 cm³/mol. The highest BCUT2D eigenvalue weighted by Gasteiger charge is 2.15. The first-order chi connectivity index (χ1) is 12.6. The summed E-state index contributed by atoms with van der Waals surface area (Å²) in [5.74, 6) is 1.07. The minimum absolute atomic E-state index is 0.304. The lowest BCUT2D eigenvalue weighted by Gasteiger charge is -2.12. The van der Waals surface area contributed by atoms with Crippen LogP contribution in [-0.4, -0.2) is 22.5 Å². The molecule has 0 fully saturated rings. The molecule has 7 heteroatoms. The van der Waals surface area contributed by atoms with E-state index in [4.69, 9.17) is 16.6 Å². The Morgan fingerprint density at radius 3 is 2.81 bits per heavy atom. The van der Waals surface area contributed by atoms with E-state index in [0.717, 1.165) is 11.1 Å². The van der Waals surface area contributed by atoms with Gasteiger partial charge in [0.1, 0.15) is 11.5 Å². The maximum Gasteiger partial charge on any atom is 0.270 e. The van der Waals surface area contributed by atoms with E-state index in [-0.39, 0.29) is 5.91 Å². The first-order valence-corrected chi connectivity index (χ1v) is 8.41. The van der Waals surface area contributed by atoms with Crippen LogP contribution in [0.5, 0.6) is 0 Å². The van der Waals surface area contributed by atoms with E-state index in [9.17, 15) is 4.79 Å². The number of hydrogen-bond acceptors (Lipinski definition) is 4. The zero-order valence-electron chi connectivity index (χ0n) is 14.2. The number of hydrazine groups is 1. The van der Waals surface area contributed by atoms with Gasteiger partial charge in [0.25, 0.3) is 5.91 Å². The van der Waals surface area contributed by atoms with Crippen LogP contribution in [0.15, 0.2) is 59.5 Å². The van der Waals surface area contributed by atoms with Crippen molar-refractivity contribution in [1.82, 2.24) is 21.2 Å². The number of carbonyl (C=O) groups is 1. The number of thiocarbonyl (C=S) groups is 1. The molecule has 2 aromatic heterocycles. The summed E-state index contributed by atoms with van der Waals surface area (Å²) in [6.45, 7) is 5.96. The van der Waals surface area contributed by atoms with Crippen LogP contribution < -0.4 is 16.2 Å². The van der Waals surface area contributed by atoms with Crippen LogP contribution in [0.2, 0.25) is 0 Å². The predicted octanol–water partition coefficient (Wildman–Crippen LogP) is 3.10. The molecule has 132 valence electrons. The molecule has 0 saturated carbocycles. The molecule has 26 heavy (non-hydrogen) atoms. The van der Waals surface area contributed by atoms with Gasteiger partial charge in [0.2, 0.25) is 0 Å². The highest BCUT2D eigenvalue weighted by atomic mass is 32.1. The molecule has 0 aliphatic rings. The summed E-state index contributed by atoms with van der Waals surface area (Å²) < 4.78 is 5.65. The second-order valence-corrected chi connectivity index (χ2v) is 5.97. The van der Waals surface area contributed by atoms with Crippen molar-refractivity contribution >= 4 is 34.1 Å². The van der Waals surface area contributed by atoms with Crippen molar-refractivity contribution in [3.05, 3.63) is 66.4 Å². The average molecular weight is 366 g/mol. The van der Waals surface area contributed by atoms with E-state index in [2.05, 4.69) is 27.7 Å². The number of amides is 1. The van der Waals surface area contributed by atoms with Crippen molar-refractivity contribution in [3.8, 4) is 11.5 Å². The molecule has 0 unspecified atom stereocenters. The van der Waals surface area contributed by atoms with E-state index in [1.165, 1.54) is 0 Å². The molecule has 3 rings (SSSR count). The summed E-state index contributed by atoms with van der Waals surface area (Å²) in [6, 6.07) is 12.8. The zero-order valence-corrected chi connectivity index (χ0v) is 15.0. The van der Waals surface area contributed by atoms with E-state index >= 15 is 0 Å². The van der Waals surface area contributed by atoms with Crippen molar-refractivity contribution in [1.29, 1.82) is 0 Å². The molecule has 3 N–H and O–H groups in total. The fraction of sp³-hybridized carbons (Fsp3) is 0.105. The van der Waals surface area contributed by atoms with Gasteiger partial charge in [0, 0.05) is 11.9 Å². The Morgan fingerprint density at radius 1 is 1.27 bits per heavy atom. The number of aryl methyl sites for hydroxylation is 1. The molecule has 1 amide bonds. The second-order valence-electron chi connectivity index (χ2n) is 5.56. The maximum absolute atomic E-state index is 12.7. The highest BCUT2D eigenvalue weighted by Crippen LogP contribution is 2.26. The van der Waals surface area contributed by atoms with Gasteiger partial charge in [-0.25, -0.2) is 4.98 Å². The number of nitrogens with one attached hydrogen (secondary N) is 3. The van der Waals surface area contributed by atoms with Gasteiger partial charge in [-0.05, 0) is 43.4 Å². The average Bonchev–Trinajstić information content (AvgIpc) is 3.09. The molecule has 0 bridgehead atoms. The molecule has 0 radical (unpaired) electrons. The minimum Gasteiger partial charge on any atom is -0.460 e. The Morgan fingerprint density at radius 2 is 2.08 bits per heavy atom. The van der Waals surface area contributed by atoms with Crippen molar-refractivity contribution in [2.75, 3.05) is 6.54 Å². The maximum atomic E-state index is 12.7. The van der Waals surface area contributed by atoms with Crippen LogP contribution in [0.3, 0.4) is 0 Å². The zero-order chi connectivity index (χ0) is 18.5. The number of aromatic nitrogens is 1. The lowest BCUT2D eigenvalue weighted by atomic mass is 10.1. The second kappa shape index (κ2) is 7.79. The summed E-state index contributed by atoms with van der Waals surface area (Å²) in [5.41, 5.74) is 7.04. The number of rotatable bonds is 4. The largest absolute Gasteiger partial charge is 0.460 e. The van der Waals surface area contributed by atoms with Crippen molar-refractivity contribution in [2.45, 2.75) is 6.92 Å². The van der Waals surface area contributed by atoms with Crippen molar-refractivity contribution in [3.63, 3.8) is 0 Å². The fourth-order valence-electron chi connectivity index (χ4n) is 2.45. The molecular formula is C19H18N4O2S. The van der Waals surface area contributed by atoms with Crippen LogP contribution in [-0.2, 0) is 0 Å². The number of fused-ring (bicyclic) bond motifs is 1. The first-order valence-electron chi connectivity index (χ1n) is 8.00. The quantitative estimate of drug-likeness (QED) is 0.374. The molecular weight excluding hydrogens is 348 g/mol. The van der Waals surface area contributed by atoms with Gasteiger partial charge >= 0.3 is 0 Å². The van der Waals surface area contributed by atoms with E-state index in [1.807, 2.05) is 43.3 Å². The first kappa shape index (κ1) is 17.6. The molecule has 1 aromatic carbocycles. The Labute approximate surface area is 156 Å². The Kier molecular flexibility index (Phi) is 5.28. The summed E-state index contributed by atoms with van der Waals surface area (Å²) in [5, 5.41) is 3.92. The molecule has 3 aromatic rings. The molecule has 6 nitrogen and oxygen atoms in total. The normalized spacial score (nSPS) is 10.3. The number of hydrogen-bond donors (Lipinski definition) is 3. The molecule has 0 saturated heterocycles. The van der Waals surface area contributed by atoms with Gasteiger partial charge in [-0.15, -0.1) is 6.58 Å². The van der Waals surface area contributed by atoms with E-state index < -0.39 is 0 Å². The summed E-state index contributed by atoms with van der Waals surface area (Å²) in [4.78, 5) is 17.3. The number of furan rings is 1. The third kappa shape index (κ3) is 3.89. The summed E-state index contributed by atoms with van der Waals surface area (Å²) in [7, 11) is 0. The monoisotopic (exact) mass is 366 g/mol. The number of pyridine rings is 1. The van der Waals surface area contributed by atoms with Crippen LogP contribution in [0.4, 0.5) is 0 Å². The lowest BCUT2D eigenvalue weighted by Crippen LogP contribution is -2.46. The molecule has 0 spiro atoms. The lowest BCUT2D eigenvalue weighted by molar-refractivity contribution is 0.0945. The van der Waals surface area contributed by atoms with Gasteiger partial charge in [-0.2, -0.15) is 0 Å². The van der Waals surface area contributed by atoms with Gasteiger partial charge in [0.15, 0.2) is 10.9 Å². The van der Waals surface area contributed by atoms with E-state index in [0.29, 0.717) is 34.2 Å². The minimum atomic E-state index is -0.323. The third-order valence-corrected chi connectivity index (χ3v) is 3.90. The van der Waals surface area contributed by atoms with Crippen molar-refractivity contribution in [2.24, 2.45) is 0 Å². The number of carbonyl (C=O) groups excluding carboxylic acids is 1. The fourth-order valence-corrected chi connectivity index (χ4v) is 2.59. The number of nitrogens with zero attached hydrogens (tertiary/aromatic N) is 1. The van der Waals surface area contributed by atoms with Crippen LogP contribution in [0.1, 0.15) is 16.1 Å². The number of benzene rings is 1. The number of para-hydroxylation sites is 1. The van der Waals surface area contributed by atoms with Gasteiger partial charge in [-0.1, -0.05) is 24.3 Å². The standard InChI is InChI=1S/C19H18N4O2S/c1-3-10-20-19(26)23-22-18(24)14-11-16(17-9-8-12(2)25-17)21-15-7-5-4-6-13(14)15/h3-9,11H,1,10H2,2H3,(H,22,24)(H2,20,23,26). The smallest absolute Gasteiger partial charge is 0.270 e. The van der Waals surface area contributed by atoms with Gasteiger partial charge in [-0.3, -0.25) is 15.6 Å². The Balaban J connectivity index is 1.92. The molecule has 2 heterocycles. The topological polar surface area (TPSA) is 79.2 Å². The summed E-state index contributed by atoms with van der Waals surface area (Å²) in [6.07, 6.45) is 1.67. The highest BCUT2D eigenvalue weighted by molar-refractivity contribution is 7.80. The third-order valence-electron chi connectivity index (χ3n) is 3.65. The Hall–Kier alpha value is -3.19. The van der Waals surface area contributed by atoms with Crippen LogP contribution >= 0.6 is 12.2 Å². The molecule has 0 aliphatic carbocycles. The SMILES string of the molecule is C=CCNC(=S)NNC(=O)c1cc(-c2ccc(C)o2)nc2ccccc12. The van der Waals surface area contributed by atoms with Crippen LogP contribution in [0, 0.1) is 6.92 Å².